The van der Waals surface area contributed by atoms with Crippen LogP contribution in [0, 0.1) is 0 Å². The molecule has 0 fully saturated rings. The van der Waals surface area contributed by atoms with Gasteiger partial charge in [0.25, 0.3) is 5.91 Å². The van der Waals surface area contributed by atoms with Gasteiger partial charge in [0.05, 0.1) is 22.0 Å². The van der Waals surface area contributed by atoms with E-state index in [4.69, 9.17) is 5.14 Å². The largest absolute Gasteiger partial charge is 0.346 e. The number of sulfonamides is 1. The zero-order valence-electron chi connectivity index (χ0n) is 14.1. The second-order valence-electron chi connectivity index (χ2n) is 5.98. The summed E-state index contributed by atoms with van der Waals surface area (Å²) in [4.78, 5) is 40.0. The first-order valence-electron chi connectivity index (χ1n) is 7.85. The molecule has 1 heterocycles. The number of H-pyrrole nitrogens is 2. The maximum absolute atomic E-state index is 12.5. The van der Waals surface area contributed by atoms with Gasteiger partial charge in [0.2, 0.25) is 10.0 Å². The van der Waals surface area contributed by atoms with Crippen molar-refractivity contribution in [3.05, 3.63) is 74.3 Å². The summed E-state index contributed by atoms with van der Waals surface area (Å²) in [5.74, 6) is -0.396. The normalized spacial score (nSPS) is 12.7. The maximum atomic E-state index is 12.5. The Morgan fingerprint density at radius 3 is 2.19 bits per heavy atom. The highest BCUT2D eigenvalue weighted by molar-refractivity contribution is 7.89. The first-order valence-corrected chi connectivity index (χ1v) is 9.40. The van der Waals surface area contributed by atoms with Crippen LogP contribution in [0.25, 0.3) is 11.0 Å². The van der Waals surface area contributed by atoms with Gasteiger partial charge in [-0.25, -0.2) is 13.6 Å². The van der Waals surface area contributed by atoms with Gasteiger partial charge in [-0.1, -0.05) is 12.1 Å². The van der Waals surface area contributed by atoms with Crippen LogP contribution >= 0.6 is 0 Å². The molecule has 1 atom stereocenters. The molecule has 0 radical (unpaired) electrons. The van der Waals surface area contributed by atoms with Crippen LogP contribution in [0.2, 0.25) is 0 Å². The summed E-state index contributed by atoms with van der Waals surface area (Å²) >= 11 is 0. The highest BCUT2D eigenvalue weighted by atomic mass is 32.2. The molecule has 0 aliphatic carbocycles. The number of nitrogens with two attached hydrogens (primary N) is 1. The number of rotatable bonds is 4. The molecule has 3 aromatic rings. The Morgan fingerprint density at radius 2 is 1.59 bits per heavy atom. The van der Waals surface area contributed by atoms with Crippen molar-refractivity contribution in [3.63, 3.8) is 0 Å². The first kappa shape index (κ1) is 18.5. The van der Waals surface area contributed by atoms with Crippen molar-refractivity contribution in [2.45, 2.75) is 17.9 Å². The Balaban J connectivity index is 1.82. The van der Waals surface area contributed by atoms with E-state index < -0.39 is 33.1 Å². The standard InChI is InChI=1S/C17H16N4O5S/c1-9(10-2-5-12(6-3-10)27(18,25)26)19-15(22)11-4-7-13-14(8-11)21-17(24)16(23)20-13/h2-9H,1H3,(H,19,22)(H,20,23)(H,21,24)(H2,18,25,26). The van der Waals surface area contributed by atoms with Crippen molar-refractivity contribution < 1.29 is 13.2 Å². The van der Waals surface area contributed by atoms with Gasteiger partial charge in [0.15, 0.2) is 0 Å². The number of amides is 1. The third kappa shape index (κ3) is 3.96. The molecule has 0 aliphatic rings. The number of carbonyl (C=O) groups excluding carboxylic acids is 1. The van der Waals surface area contributed by atoms with E-state index in [1.54, 1.807) is 19.1 Å². The van der Waals surface area contributed by atoms with Gasteiger partial charge in [0.1, 0.15) is 0 Å². The van der Waals surface area contributed by atoms with Gasteiger partial charge < -0.3 is 15.3 Å². The molecule has 1 aromatic heterocycles. The van der Waals surface area contributed by atoms with Crippen molar-refractivity contribution in [1.29, 1.82) is 0 Å². The van der Waals surface area contributed by atoms with Gasteiger partial charge in [0, 0.05) is 5.56 Å². The Kier molecular flexibility index (Phi) is 4.68. The number of benzene rings is 2. The molecule has 1 unspecified atom stereocenters. The Bertz CT molecular complexity index is 1240. The van der Waals surface area contributed by atoms with Crippen molar-refractivity contribution in [2.24, 2.45) is 5.14 Å². The van der Waals surface area contributed by atoms with Gasteiger partial charge >= 0.3 is 11.1 Å². The lowest BCUT2D eigenvalue weighted by Crippen LogP contribution is -2.29. The Labute approximate surface area is 153 Å². The number of carbonyl (C=O) groups is 1. The van der Waals surface area contributed by atoms with Crippen molar-refractivity contribution in [1.82, 2.24) is 15.3 Å². The second-order valence-corrected chi connectivity index (χ2v) is 7.54. The monoisotopic (exact) mass is 388 g/mol. The van der Waals surface area contributed by atoms with Gasteiger partial charge in [-0.2, -0.15) is 0 Å². The predicted octanol–water partition coefficient (Wildman–Crippen LogP) is 0.355. The summed E-state index contributed by atoms with van der Waals surface area (Å²) in [6, 6.07) is 9.95. The van der Waals surface area contributed by atoms with Crippen LogP contribution in [-0.4, -0.2) is 24.3 Å². The number of primary sulfonamides is 1. The zero-order valence-corrected chi connectivity index (χ0v) is 15.0. The first-order chi connectivity index (χ1) is 12.6. The number of hydrogen-bond donors (Lipinski definition) is 4. The minimum Gasteiger partial charge on any atom is -0.346 e. The molecule has 0 aliphatic heterocycles. The molecule has 2 aromatic carbocycles. The van der Waals surface area contributed by atoms with Gasteiger partial charge in [-0.3, -0.25) is 14.4 Å². The van der Waals surface area contributed by atoms with Crippen molar-refractivity contribution in [3.8, 4) is 0 Å². The van der Waals surface area contributed by atoms with Crippen LogP contribution in [0.3, 0.4) is 0 Å². The minimum absolute atomic E-state index is 0.0164. The molecule has 27 heavy (non-hydrogen) atoms. The van der Waals surface area contributed by atoms with Crippen LogP contribution in [0.5, 0.6) is 0 Å². The van der Waals surface area contributed by atoms with E-state index in [2.05, 4.69) is 15.3 Å². The molecule has 0 spiro atoms. The average Bonchev–Trinajstić information content (AvgIpc) is 2.61. The Hall–Kier alpha value is -3.24. The molecule has 9 nitrogen and oxygen atoms in total. The van der Waals surface area contributed by atoms with Gasteiger partial charge in [-0.15, -0.1) is 0 Å². The fraction of sp³-hybridized carbons (Fsp3) is 0.118. The SMILES string of the molecule is CC(NC(=O)c1ccc2[nH]c(=O)c(=O)[nH]c2c1)c1ccc(S(N)(=O)=O)cc1. The van der Waals surface area contributed by atoms with Crippen molar-refractivity contribution >= 4 is 27.0 Å². The fourth-order valence-electron chi connectivity index (χ4n) is 2.57. The molecule has 140 valence electrons. The van der Waals surface area contributed by atoms with E-state index in [-0.39, 0.29) is 4.90 Å². The topological polar surface area (TPSA) is 155 Å². The molecule has 0 saturated carbocycles. The van der Waals surface area contributed by atoms with Crippen molar-refractivity contribution in [2.75, 3.05) is 0 Å². The second kappa shape index (κ2) is 6.82. The molecule has 5 N–H and O–H groups in total. The number of nitrogens with one attached hydrogen (secondary N) is 3. The van der Waals surface area contributed by atoms with Crippen LogP contribution < -0.4 is 21.6 Å². The number of aromatic amines is 2. The summed E-state index contributed by atoms with van der Waals surface area (Å²) in [6.45, 7) is 1.74. The van der Waals surface area contributed by atoms with E-state index >= 15 is 0 Å². The quantitative estimate of drug-likeness (QED) is 0.475. The summed E-state index contributed by atoms with van der Waals surface area (Å²) in [6.07, 6.45) is 0. The van der Waals surface area contributed by atoms with E-state index in [9.17, 15) is 22.8 Å². The van der Waals surface area contributed by atoms with Gasteiger partial charge in [-0.05, 0) is 42.8 Å². The fourth-order valence-corrected chi connectivity index (χ4v) is 3.08. The highest BCUT2D eigenvalue weighted by Gasteiger charge is 2.14. The van der Waals surface area contributed by atoms with E-state index in [0.29, 0.717) is 22.2 Å². The van der Waals surface area contributed by atoms with Crippen LogP contribution in [-0.2, 0) is 10.0 Å². The maximum Gasteiger partial charge on any atom is 0.314 e. The molecule has 0 bridgehead atoms. The predicted molar refractivity (Wildman–Crippen MR) is 98.9 cm³/mol. The van der Waals surface area contributed by atoms with Crippen LogP contribution in [0.1, 0.15) is 28.9 Å². The molecule has 1 amide bonds. The summed E-state index contributed by atoms with van der Waals surface area (Å²) in [5.41, 5.74) is 0.146. The average molecular weight is 388 g/mol. The van der Waals surface area contributed by atoms with Crippen LogP contribution in [0.4, 0.5) is 0 Å². The van der Waals surface area contributed by atoms with Crippen LogP contribution in [0.15, 0.2) is 56.9 Å². The van der Waals surface area contributed by atoms with E-state index in [1.807, 2.05) is 0 Å². The lowest BCUT2D eigenvalue weighted by molar-refractivity contribution is 0.0940. The number of aromatic nitrogens is 2. The Morgan fingerprint density at radius 1 is 1.00 bits per heavy atom. The molecule has 10 heteroatoms. The molecule has 0 saturated heterocycles. The van der Waals surface area contributed by atoms with E-state index in [1.165, 1.54) is 30.3 Å². The highest BCUT2D eigenvalue weighted by Crippen LogP contribution is 2.17. The molecular formula is C17H16N4O5S. The lowest BCUT2D eigenvalue weighted by atomic mass is 10.1. The summed E-state index contributed by atoms with van der Waals surface area (Å²) < 4.78 is 22.6. The lowest BCUT2D eigenvalue weighted by Gasteiger charge is -2.15. The summed E-state index contributed by atoms with van der Waals surface area (Å²) in [5, 5.41) is 7.84. The van der Waals surface area contributed by atoms with E-state index in [0.717, 1.165) is 0 Å². The minimum atomic E-state index is -3.78. The summed E-state index contributed by atoms with van der Waals surface area (Å²) in [7, 11) is -3.78. The third-order valence-corrected chi connectivity index (χ3v) is 4.97. The third-order valence-electron chi connectivity index (χ3n) is 4.04. The number of fused-ring (bicyclic) bond motifs is 1. The molecule has 3 rings (SSSR count). The molecular weight excluding hydrogens is 372 g/mol. The smallest absolute Gasteiger partial charge is 0.314 e. The zero-order chi connectivity index (χ0) is 19.8. The number of hydrogen-bond acceptors (Lipinski definition) is 5.